The van der Waals surface area contributed by atoms with Gasteiger partial charge in [0.15, 0.2) is 5.16 Å². The first-order valence-corrected chi connectivity index (χ1v) is 10.9. The fourth-order valence-corrected chi connectivity index (χ4v) is 4.43. The van der Waals surface area contributed by atoms with E-state index in [1.54, 1.807) is 18.0 Å². The topological polar surface area (TPSA) is 61.7 Å². The van der Waals surface area contributed by atoms with Gasteiger partial charge in [0, 0.05) is 17.4 Å². The molecule has 0 amide bonds. The fraction of sp³-hybridized carbons (Fsp3) is 0.318. The van der Waals surface area contributed by atoms with Gasteiger partial charge in [0.25, 0.3) is 0 Å². The molecule has 0 radical (unpaired) electrons. The Morgan fingerprint density at radius 2 is 1.93 bits per heavy atom. The predicted molar refractivity (Wildman–Crippen MR) is 112 cm³/mol. The third kappa shape index (κ3) is 3.87. The summed E-state index contributed by atoms with van der Waals surface area (Å²) in [4.78, 5) is 0. The van der Waals surface area contributed by atoms with Gasteiger partial charge in [-0.1, -0.05) is 23.9 Å². The minimum atomic E-state index is 0.548. The summed E-state index contributed by atoms with van der Waals surface area (Å²) in [6.07, 6.45) is 4.12. The molecular weight excluding hydrogens is 382 g/mol. The van der Waals surface area contributed by atoms with E-state index in [2.05, 4.69) is 57.1 Å². The Morgan fingerprint density at radius 1 is 1.10 bits per heavy atom. The molecule has 1 fully saturated rings. The van der Waals surface area contributed by atoms with Crippen molar-refractivity contribution < 1.29 is 4.42 Å². The highest BCUT2D eigenvalue weighted by Crippen LogP contribution is 2.40. The molecule has 0 N–H and O–H groups in total. The molecule has 0 spiro atoms. The van der Waals surface area contributed by atoms with E-state index in [1.165, 1.54) is 18.4 Å². The molecule has 1 aliphatic carbocycles. The van der Waals surface area contributed by atoms with Crippen molar-refractivity contribution in [3.63, 3.8) is 0 Å². The lowest BCUT2D eigenvalue weighted by Gasteiger charge is -2.09. The standard InChI is InChI=1S/C22H23N5OS/c1-15-12-16(2)27(25-15)19-9-5-17(6-10-19)14-29-22-24-23-21(18-7-8-18)26(22)13-20-4-3-11-28-20/h3-6,9-12,18H,7-8,13-14H2,1-2H3. The number of aromatic nitrogens is 5. The zero-order chi connectivity index (χ0) is 19.8. The first-order valence-electron chi connectivity index (χ1n) is 9.88. The Kier molecular flexibility index (Phi) is 4.75. The lowest BCUT2D eigenvalue weighted by atomic mass is 10.2. The molecule has 0 saturated heterocycles. The van der Waals surface area contributed by atoms with Gasteiger partial charge >= 0.3 is 0 Å². The van der Waals surface area contributed by atoms with Crippen molar-refractivity contribution in [2.75, 3.05) is 0 Å². The van der Waals surface area contributed by atoms with Crippen LogP contribution in [0.25, 0.3) is 5.69 Å². The lowest BCUT2D eigenvalue weighted by molar-refractivity contribution is 0.478. The van der Waals surface area contributed by atoms with E-state index in [1.807, 2.05) is 23.7 Å². The molecule has 6 nitrogen and oxygen atoms in total. The van der Waals surface area contributed by atoms with Gasteiger partial charge in [-0.3, -0.25) is 4.57 Å². The molecule has 148 valence electrons. The van der Waals surface area contributed by atoms with Gasteiger partial charge in [-0.15, -0.1) is 10.2 Å². The smallest absolute Gasteiger partial charge is 0.191 e. The first kappa shape index (κ1) is 18.2. The summed E-state index contributed by atoms with van der Waals surface area (Å²) in [6.45, 7) is 4.78. The molecule has 1 aliphatic rings. The van der Waals surface area contributed by atoms with E-state index < -0.39 is 0 Å². The van der Waals surface area contributed by atoms with Crippen LogP contribution in [-0.2, 0) is 12.3 Å². The molecule has 0 aliphatic heterocycles. The van der Waals surface area contributed by atoms with Gasteiger partial charge in [-0.25, -0.2) is 4.68 Å². The Hall–Kier alpha value is -2.80. The van der Waals surface area contributed by atoms with E-state index in [0.717, 1.165) is 39.6 Å². The number of rotatable bonds is 7. The number of hydrogen-bond donors (Lipinski definition) is 0. The molecule has 3 heterocycles. The number of furan rings is 1. The second-order valence-corrected chi connectivity index (χ2v) is 8.52. The third-order valence-electron chi connectivity index (χ3n) is 5.14. The summed E-state index contributed by atoms with van der Waals surface area (Å²) in [7, 11) is 0. The first-order chi connectivity index (χ1) is 14.2. The van der Waals surface area contributed by atoms with Crippen LogP contribution >= 0.6 is 11.8 Å². The van der Waals surface area contributed by atoms with Crippen molar-refractivity contribution in [2.24, 2.45) is 0 Å². The van der Waals surface area contributed by atoms with Crippen LogP contribution in [0.1, 0.15) is 47.3 Å². The van der Waals surface area contributed by atoms with E-state index >= 15 is 0 Å². The van der Waals surface area contributed by atoms with Crippen molar-refractivity contribution >= 4 is 11.8 Å². The molecule has 0 bridgehead atoms. The van der Waals surface area contributed by atoms with Gasteiger partial charge < -0.3 is 4.42 Å². The highest BCUT2D eigenvalue weighted by atomic mass is 32.2. The maximum atomic E-state index is 5.55. The van der Waals surface area contributed by atoms with Crippen LogP contribution < -0.4 is 0 Å². The van der Waals surface area contributed by atoms with Crippen molar-refractivity contribution in [1.29, 1.82) is 0 Å². The van der Waals surface area contributed by atoms with E-state index in [0.29, 0.717) is 12.5 Å². The fourth-order valence-electron chi connectivity index (χ4n) is 3.53. The number of aryl methyl sites for hydroxylation is 2. The highest BCUT2D eigenvalue weighted by molar-refractivity contribution is 7.98. The van der Waals surface area contributed by atoms with Gasteiger partial charge in [-0.05, 0) is 62.6 Å². The summed E-state index contributed by atoms with van der Waals surface area (Å²) >= 11 is 1.72. The molecule has 3 aromatic heterocycles. The average molecular weight is 406 g/mol. The Balaban J connectivity index is 1.32. The van der Waals surface area contributed by atoms with Crippen LogP contribution in [0.15, 0.2) is 58.3 Å². The van der Waals surface area contributed by atoms with Crippen LogP contribution in [0.3, 0.4) is 0 Å². The summed E-state index contributed by atoms with van der Waals surface area (Å²) in [6, 6.07) is 14.6. The minimum Gasteiger partial charge on any atom is -0.467 e. The Labute approximate surface area is 174 Å². The van der Waals surface area contributed by atoms with E-state index in [-0.39, 0.29) is 0 Å². The van der Waals surface area contributed by atoms with Gasteiger partial charge in [0.1, 0.15) is 11.6 Å². The van der Waals surface area contributed by atoms with Crippen LogP contribution in [0.2, 0.25) is 0 Å². The number of nitrogens with zero attached hydrogens (tertiary/aromatic N) is 5. The van der Waals surface area contributed by atoms with Gasteiger partial charge in [0.05, 0.1) is 24.2 Å². The zero-order valence-corrected chi connectivity index (χ0v) is 17.4. The maximum absolute atomic E-state index is 5.55. The molecule has 1 aromatic carbocycles. The largest absolute Gasteiger partial charge is 0.467 e. The monoisotopic (exact) mass is 405 g/mol. The van der Waals surface area contributed by atoms with Gasteiger partial charge in [-0.2, -0.15) is 5.10 Å². The normalized spacial score (nSPS) is 13.9. The SMILES string of the molecule is Cc1cc(C)n(-c2ccc(CSc3nnc(C4CC4)n3Cc3ccco3)cc2)n1. The van der Waals surface area contributed by atoms with Crippen LogP contribution in [0.4, 0.5) is 0 Å². The van der Waals surface area contributed by atoms with Crippen molar-refractivity contribution in [2.45, 2.75) is 50.1 Å². The average Bonchev–Trinajstić information content (AvgIpc) is 3.12. The third-order valence-corrected chi connectivity index (χ3v) is 6.18. The Morgan fingerprint density at radius 3 is 2.59 bits per heavy atom. The van der Waals surface area contributed by atoms with Crippen LogP contribution in [0.5, 0.6) is 0 Å². The summed E-state index contributed by atoms with van der Waals surface area (Å²) in [5.41, 5.74) is 4.51. The molecule has 4 aromatic rings. The second kappa shape index (κ2) is 7.55. The molecular formula is C22H23N5OS. The number of thioether (sulfide) groups is 1. The molecule has 0 atom stereocenters. The quantitative estimate of drug-likeness (QED) is 0.410. The van der Waals surface area contributed by atoms with E-state index in [9.17, 15) is 0 Å². The lowest BCUT2D eigenvalue weighted by Crippen LogP contribution is -2.05. The van der Waals surface area contributed by atoms with E-state index in [4.69, 9.17) is 4.42 Å². The molecule has 5 rings (SSSR count). The molecule has 1 saturated carbocycles. The summed E-state index contributed by atoms with van der Waals surface area (Å²) in [5, 5.41) is 14.5. The van der Waals surface area contributed by atoms with Gasteiger partial charge in [0.2, 0.25) is 0 Å². The molecule has 0 unspecified atom stereocenters. The van der Waals surface area contributed by atoms with Crippen molar-refractivity contribution in [3.05, 3.63) is 77.3 Å². The molecule has 29 heavy (non-hydrogen) atoms. The number of benzene rings is 1. The predicted octanol–water partition coefficient (Wildman–Crippen LogP) is 4.89. The summed E-state index contributed by atoms with van der Waals surface area (Å²) in [5.74, 6) is 3.41. The zero-order valence-electron chi connectivity index (χ0n) is 16.6. The second-order valence-electron chi connectivity index (χ2n) is 7.57. The van der Waals surface area contributed by atoms with Crippen molar-refractivity contribution in [1.82, 2.24) is 24.5 Å². The van der Waals surface area contributed by atoms with Crippen LogP contribution in [-0.4, -0.2) is 24.5 Å². The maximum Gasteiger partial charge on any atom is 0.191 e. The van der Waals surface area contributed by atoms with Crippen molar-refractivity contribution in [3.8, 4) is 5.69 Å². The minimum absolute atomic E-state index is 0.548. The Bertz CT molecular complexity index is 1110. The number of hydrogen-bond acceptors (Lipinski definition) is 5. The summed E-state index contributed by atoms with van der Waals surface area (Å²) < 4.78 is 9.75. The molecule has 7 heteroatoms. The highest BCUT2D eigenvalue weighted by Gasteiger charge is 2.30. The van der Waals surface area contributed by atoms with Crippen LogP contribution in [0, 0.1) is 13.8 Å².